The van der Waals surface area contributed by atoms with Gasteiger partial charge < -0.3 is 10.2 Å². The Bertz CT molecular complexity index is 522. The second-order valence-electron chi connectivity index (χ2n) is 4.93. The Hall–Kier alpha value is -0.950. The molecule has 1 aliphatic carbocycles. The predicted octanol–water partition coefficient (Wildman–Crippen LogP) is 0.690. The third-order valence-electron chi connectivity index (χ3n) is 3.62. The molecule has 3 atom stereocenters. The summed E-state index contributed by atoms with van der Waals surface area (Å²) in [4.78, 5) is 0.113. The smallest absolute Gasteiger partial charge is 0.297 e. The molecule has 5 nitrogen and oxygen atoms in total. The zero-order valence-electron chi connectivity index (χ0n) is 10.7. The van der Waals surface area contributed by atoms with Gasteiger partial charge in [0.15, 0.2) is 0 Å². The van der Waals surface area contributed by atoms with E-state index in [0.29, 0.717) is 6.42 Å². The van der Waals surface area contributed by atoms with Crippen molar-refractivity contribution >= 4 is 10.1 Å². The summed E-state index contributed by atoms with van der Waals surface area (Å²) in [6.45, 7) is 1.63. The average Bonchev–Trinajstić information content (AvgIpc) is 2.35. The van der Waals surface area contributed by atoms with Gasteiger partial charge >= 0.3 is 0 Å². The molecule has 0 bridgehead atoms. The minimum Gasteiger partial charge on any atom is -0.396 e. The molecular formula is C13H18O5S. The molecule has 1 aliphatic rings. The van der Waals surface area contributed by atoms with Crippen LogP contribution in [0.1, 0.15) is 12.0 Å². The number of hydrogen-bond donors (Lipinski definition) is 2. The van der Waals surface area contributed by atoms with Gasteiger partial charge in [-0.25, -0.2) is 0 Å². The Morgan fingerprint density at radius 3 is 2.37 bits per heavy atom. The monoisotopic (exact) mass is 286 g/mol. The van der Waals surface area contributed by atoms with Gasteiger partial charge in [-0.3, -0.25) is 4.18 Å². The Kier molecular flexibility index (Phi) is 4.25. The lowest BCUT2D eigenvalue weighted by Gasteiger charge is -2.41. The third kappa shape index (κ3) is 2.97. The standard InChI is InChI=1S/C13H18O5S/c1-9-2-4-11(5-3-9)19(16,17)18-13-6-10(7-14)12(13)8-15/h2-5,10,12-15H,6-8H2,1H3/t10-,12-,13-/m1/s1. The van der Waals surface area contributed by atoms with E-state index in [1.54, 1.807) is 12.1 Å². The molecule has 0 heterocycles. The number of hydrogen-bond acceptors (Lipinski definition) is 5. The lowest BCUT2D eigenvalue weighted by molar-refractivity contribution is -0.0605. The second kappa shape index (κ2) is 5.58. The number of aryl methyl sites for hydroxylation is 1. The minimum absolute atomic E-state index is 0.0599. The van der Waals surface area contributed by atoms with Gasteiger partial charge in [0.05, 0.1) is 11.0 Å². The Labute approximate surface area is 113 Å². The first-order valence-corrected chi connectivity index (χ1v) is 7.60. The zero-order valence-corrected chi connectivity index (χ0v) is 11.5. The van der Waals surface area contributed by atoms with Gasteiger partial charge in [-0.15, -0.1) is 0 Å². The van der Waals surface area contributed by atoms with Crippen LogP contribution in [0.5, 0.6) is 0 Å². The van der Waals surface area contributed by atoms with Crippen LogP contribution in [0.4, 0.5) is 0 Å². The van der Waals surface area contributed by atoms with E-state index in [0.717, 1.165) is 5.56 Å². The molecule has 106 valence electrons. The molecule has 0 aromatic heterocycles. The first kappa shape index (κ1) is 14.5. The number of rotatable bonds is 5. The van der Waals surface area contributed by atoms with E-state index < -0.39 is 16.2 Å². The van der Waals surface area contributed by atoms with Gasteiger partial charge in [-0.1, -0.05) is 17.7 Å². The molecule has 0 aliphatic heterocycles. The molecule has 1 fully saturated rings. The maximum atomic E-state index is 12.0. The van der Waals surface area contributed by atoms with Gasteiger partial charge in [-0.05, 0) is 31.4 Å². The third-order valence-corrected chi connectivity index (χ3v) is 4.97. The van der Waals surface area contributed by atoms with Crippen molar-refractivity contribution in [3.63, 3.8) is 0 Å². The highest BCUT2D eigenvalue weighted by molar-refractivity contribution is 7.86. The van der Waals surface area contributed by atoms with E-state index in [2.05, 4.69) is 0 Å². The summed E-state index contributed by atoms with van der Waals surface area (Å²) in [6, 6.07) is 6.41. The van der Waals surface area contributed by atoms with Crippen molar-refractivity contribution in [2.45, 2.75) is 24.3 Å². The number of aliphatic hydroxyl groups is 2. The molecule has 1 aromatic carbocycles. The van der Waals surface area contributed by atoms with E-state index in [9.17, 15) is 13.5 Å². The minimum atomic E-state index is -3.80. The van der Waals surface area contributed by atoms with Crippen molar-refractivity contribution < 1.29 is 22.8 Å². The predicted molar refractivity (Wildman–Crippen MR) is 69.0 cm³/mol. The van der Waals surface area contributed by atoms with Crippen LogP contribution in [-0.4, -0.2) is 37.9 Å². The van der Waals surface area contributed by atoms with Crippen LogP contribution in [0.25, 0.3) is 0 Å². The maximum Gasteiger partial charge on any atom is 0.297 e. The van der Waals surface area contributed by atoms with Crippen LogP contribution in [0.3, 0.4) is 0 Å². The van der Waals surface area contributed by atoms with E-state index in [-0.39, 0.29) is 29.9 Å². The molecule has 1 saturated carbocycles. The normalized spacial score (nSPS) is 27.0. The van der Waals surface area contributed by atoms with Crippen LogP contribution in [-0.2, 0) is 14.3 Å². The fourth-order valence-corrected chi connectivity index (χ4v) is 3.39. The lowest BCUT2D eigenvalue weighted by Crippen LogP contribution is -2.47. The van der Waals surface area contributed by atoms with Gasteiger partial charge in [0.25, 0.3) is 10.1 Å². The molecular weight excluding hydrogens is 268 g/mol. The maximum absolute atomic E-state index is 12.0. The second-order valence-corrected chi connectivity index (χ2v) is 6.50. The average molecular weight is 286 g/mol. The molecule has 0 saturated heterocycles. The first-order valence-electron chi connectivity index (χ1n) is 6.19. The quantitative estimate of drug-likeness (QED) is 0.778. The summed E-state index contributed by atoms with van der Waals surface area (Å²) < 4.78 is 29.2. The summed E-state index contributed by atoms with van der Waals surface area (Å²) in [7, 11) is -3.80. The highest BCUT2D eigenvalue weighted by Gasteiger charge is 2.43. The van der Waals surface area contributed by atoms with E-state index in [4.69, 9.17) is 9.29 Å². The van der Waals surface area contributed by atoms with Crippen LogP contribution in [0.15, 0.2) is 29.2 Å². The topological polar surface area (TPSA) is 83.8 Å². The van der Waals surface area contributed by atoms with Gasteiger partial charge in [-0.2, -0.15) is 8.42 Å². The molecule has 6 heteroatoms. The SMILES string of the molecule is Cc1ccc(S(=O)(=O)O[C@@H]2C[C@H](CO)[C@H]2CO)cc1. The van der Waals surface area contributed by atoms with E-state index in [1.807, 2.05) is 6.92 Å². The van der Waals surface area contributed by atoms with Crippen molar-refractivity contribution in [3.8, 4) is 0 Å². The number of aliphatic hydroxyl groups excluding tert-OH is 2. The van der Waals surface area contributed by atoms with Crippen molar-refractivity contribution in [3.05, 3.63) is 29.8 Å². The van der Waals surface area contributed by atoms with Crippen molar-refractivity contribution in [1.82, 2.24) is 0 Å². The zero-order chi connectivity index (χ0) is 14.0. The molecule has 2 rings (SSSR count). The molecule has 0 amide bonds. The van der Waals surface area contributed by atoms with E-state index >= 15 is 0 Å². The molecule has 0 spiro atoms. The molecule has 0 radical (unpaired) electrons. The Balaban J connectivity index is 2.08. The molecule has 1 aromatic rings. The molecule has 0 unspecified atom stereocenters. The van der Waals surface area contributed by atoms with Crippen LogP contribution < -0.4 is 0 Å². The van der Waals surface area contributed by atoms with Crippen molar-refractivity contribution in [2.24, 2.45) is 11.8 Å². The summed E-state index contributed by atoms with van der Waals surface area (Å²) >= 11 is 0. The summed E-state index contributed by atoms with van der Waals surface area (Å²) in [5.74, 6) is -0.395. The highest BCUT2D eigenvalue weighted by atomic mass is 32.2. The highest BCUT2D eigenvalue weighted by Crippen LogP contribution is 2.38. The van der Waals surface area contributed by atoms with Crippen molar-refractivity contribution in [1.29, 1.82) is 0 Å². The van der Waals surface area contributed by atoms with Crippen LogP contribution >= 0.6 is 0 Å². The summed E-state index contributed by atoms with van der Waals surface area (Å²) in [6.07, 6.45) is -0.0965. The van der Waals surface area contributed by atoms with E-state index in [1.165, 1.54) is 12.1 Å². The first-order chi connectivity index (χ1) is 8.97. The fourth-order valence-electron chi connectivity index (χ4n) is 2.27. The molecule has 2 N–H and O–H groups in total. The van der Waals surface area contributed by atoms with Gasteiger partial charge in [0, 0.05) is 19.1 Å². The summed E-state index contributed by atoms with van der Waals surface area (Å²) in [5, 5.41) is 18.2. The van der Waals surface area contributed by atoms with Crippen LogP contribution in [0, 0.1) is 18.8 Å². The Morgan fingerprint density at radius 1 is 1.21 bits per heavy atom. The van der Waals surface area contributed by atoms with Crippen molar-refractivity contribution in [2.75, 3.05) is 13.2 Å². The fraction of sp³-hybridized carbons (Fsp3) is 0.538. The largest absolute Gasteiger partial charge is 0.396 e. The lowest BCUT2D eigenvalue weighted by atomic mass is 9.72. The summed E-state index contributed by atoms with van der Waals surface area (Å²) in [5.41, 5.74) is 0.969. The van der Waals surface area contributed by atoms with Gasteiger partial charge in [0.1, 0.15) is 0 Å². The Morgan fingerprint density at radius 2 is 1.84 bits per heavy atom. The van der Waals surface area contributed by atoms with Crippen LogP contribution in [0.2, 0.25) is 0 Å². The number of benzene rings is 1. The van der Waals surface area contributed by atoms with Gasteiger partial charge in [0.2, 0.25) is 0 Å². The molecule has 19 heavy (non-hydrogen) atoms.